The van der Waals surface area contributed by atoms with Crippen LogP contribution in [0.15, 0.2) is 0 Å². The van der Waals surface area contributed by atoms with Gasteiger partial charge in [-0.1, -0.05) is 33.6 Å². The predicted octanol–water partition coefficient (Wildman–Crippen LogP) is -19.1. The first kappa shape index (κ1) is 103. The van der Waals surface area contributed by atoms with Crippen molar-refractivity contribution in [1.82, 2.24) is 0 Å². The largest absolute Gasteiger partial charge is 0.481 e. The number of hydrogen-bond donors (Lipinski definition) is 35. The molecule has 0 unspecified atom stereocenters. The van der Waals surface area contributed by atoms with Crippen molar-refractivity contribution in [2.45, 2.75) is 273 Å². The summed E-state index contributed by atoms with van der Waals surface area (Å²) in [5.41, 5.74) is 0. The van der Waals surface area contributed by atoms with Gasteiger partial charge in [-0.25, -0.2) is 0 Å². The number of aliphatic carboxylic acids is 3. The lowest BCUT2D eigenvalue weighted by atomic mass is 9.99. The number of aliphatic hydroxyl groups excluding tert-OH is 32. The van der Waals surface area contributed by atoms with Crippen LogP contribution in [0, 0.1) is 5.92 Å². The summed E-state index contributed by atoms with van der Waals surface area (Å²) in [6.07, 6.45) is -47.3. The van der Waals surface area contributed by atoms with Gasteiger partial charge in [0, 0.05) is 13.3 Å². The van der Waals surface area contributed by atoms with Crippen molar-refractivity contribution in [3.8, 4) is 0 Å². The van der Waals surface area contributed by atoms with E-state index >= 15 is 0 Å². The van der Waals surface area contributed by atoms with E-state index in [4.69, 9.17) is 118 Å². The van der Waals surface area contributed by atoms with Gasteiger partial charge in [-0.2, -0.15) is 0 Å². The van der Waals surface area contributed by atoms with Crippen molar-refractivity contribution >= 4 is 17.9 Å². The molecule has 0 aliphatic carbocycles. The van der Waals surface area contributed by atoms with E-state index in [2.05, 4.69) is 6.92 Å². The van der Waals surface area contributed by atoms with Crippen LogP contribution in [0.3, 0.4) is 0 Å². The number of carbonyl (C=O) groups is 3. The van der Waals surface area contributed by atoms with Gasteiger partial charge in [0.25, 0.3) is 5.97 Å². The molecule has 8 rings (SSSR count). The molecular formula is C60H112O50. The second kappa shape index (κ2) is 47.2. The summed E-state index contributed by atoms with van der Waals surface area (Å²) in [6, 6.07) is 0. The molecule has 35 N–H and O–H groups in total. The van der Waals surface area contributed by atoms with Crippen molar-refractivity contribution in [1.29, 1.82) is 0 Å². The third-order valence-corrected chi connectivity index (χ3v) is 17.8. The maximum atomic E-state index is 10.00. The van der Waals surface area contributed by atoms with Crippen molar-refractivity contribution in [2.75, 3.05) is 79.3 Å². The first-order valence-electron chi connectivity index (χ1n) is 34.0. The fourth-order valence-electron chi connectivity index (χ4n) is 11.1. The normalized spacial score (nSPS) is 44.2. The Hall–Kier alpha value is -3.35. The zero-order valence-electron chi connectivity index (χ0n) is 59.6. The summed E-state index contributed by atoms with van der Waals surface area (Å²) in [5.74, 6) is -11.4. The van der Waals surface area contributed by atoms with Gasteiger partial charge in [-0.3, -0.25) is 14.4 Å². The van der Waals surface area contributed by atoms with Gasteiger partial charge >= 0.3 is 11.9 Å². The van der Waals surface area contributed by atoms with Crippen molar-refractivity contribution in [3.05, 3.63) is 0 Å². The van der Waals surface area contributed by atoms with Crippen LogP contribution in [0.5, 0.6) is 0 Å². The maximum absolute atomic E-state index is 10.00. The maximum Gasteiger partial charge on any atom is 0.305 e. The molecule has 0 aromatic heterocycles. The van der Waals surface area contributed by atoms with Crippen LogP contribution in [0.4, 0.5) is 0 Å². The summed E-state index contributed by atoms with van der Waals surface area (Å²) in [5, 5.41) is 330. The molecular weight excluding hydrogens is 1520 g/mol. The Balaban J connectivity index is 0.000000462. The molecule has 8 aliphatic rings. The Labute approximate surface area is 624 Å². The lowest BCUT2D eigenvalue weighted by molar-refractivity contribution is -0.383. The zero-order valence-corrected chi connectivity index (χ0v) is 59.6. The highest BCUT2D eigenvalue weighted by Crippen LogP contribution is 2.41. The van der Waals surface area contributed by atoms with Gasteiger partial charge in [0.15, 0.2) is 25.2 Å². The summed E-state index contributed by atoms with van der Waals surface area (Å²) in [7, 11) is 0. The number of rotatable bonds is 25. The second-order valence-corrected chi connectivity index (χ2v) is 26.1. The van der Waals surface area contributed by atoms with E-state index in [1.807, 2.05) is 0 Å². The highest BCUT2D eigenvalue weighted by molar-refractivity contribution is 5.68. The monoisotopic (exact) mass is 1630 g/mol. The first-order chi connectivity index (χ1) is 51.4. The molecule has 652 valence electrons. The van der Waals surface area contributed by atoms with Crippen LogP contribution in [0.1, 0.15) is 53.4 Å². The summed E-state index contributed by atoms with van der Waals surface area (Å²) < 4.78 is 61.8. The Morgan fingerprint density at radius 3 is 0.618 bits per heavy atom. The van der Waals surface area contributed by atoms with E-state index in [-0.39, 0.29) is 5.92 Å². The number of carboxylic acids is 3. The first-order valence-corrected chi connectivity index (χ1v) is 34.0. The van der Waals surface area contributed by atoms with Crippen LogP contribution in [0.25, 0.3) is 0 Å². The Bertz CT molecular complexity index is 2300. The number of unbranched alkanes of at least 4 members (excludes halogenated alkanes) is 2. The summed E-state index contributed by atoms with van der Waals surface area (Å²) in [4.78, 5) is 28.6. The Morgan fingerprint density at radius 1 is 0.309 bits per heavy atom. The van der Waals surface area contributed by atoms with Crippen LogP contribution in [0.2, 0.25) is 0 Å². The van der Waals surface area contributed by atoms with Crippen molar-refractivity contribution in [2.24, 2.45) is 5.92 Å². The number of ether oxygens (including phenoxy) is 12. The standard InChI is InChI=1S/4C12H22O11.C6H12O2.C4H8O2.C2H4O2/c4*13-1-4-6(16)8(18)9(19)11(21-4)23-12(3-15)10(20)7(17)5(2-14)22-12;1-2-3-4-5-6(7)8;1-3(2)4(5)6;1-2(3)4/h4*4-11,13-20H,1-3H2;2-5H2,1H3,(H,7,8);3H,1-2H3,(H,5,6);1H3,(H,3,4)/t4*4-,5-,6-,7-,8+,9-,10+,11-,12+;;;/m1111.../s1. The molecule has 0 bridgehead atoms. The average molecular weight is 1630 g/mol. The summed E-state index contributed by atoms with van der Waals surface area (Å²) in [6.45, 7) is -2.87. The quantitative estimate of drug-likeness (QED) is 0.0377. The molecule has 50 heteroatoms. The third kappa shape index (κ3) is 25.6. The smallest absolute Gasteiger partial charge is 0.305 e. The number of hydrogen-bond acceptors (Lipinski definition) is 47. The van der Waals surface area contributed by atoms with E-state index in [1.165, 1.54) is 0 Å². The van der Waals surface area contributed by atoms with E-state index in [1.54, 1.807) is 13.8 Å². The minimum atomic E-state index is -2.22. The SMILES string of the molecule is CC(=O)O.CC(C)C(=O)O.CCCCCC(=O)O.OC[C@H]1O[C@@](CO)(O[C@H]2O[C@H](CO)[C@@H](O)[C@H](O)[C@H]2O)[C@@H](O)[C@@H]1O.OC[C@H]1O[C@@](CO)(O[C@H]2O[C@H](CO)[C@@H](O)[C@H](O)[C@H]2O)[C@@H](O)[C@@H]1O.OC[C@H]1O[C@@](CO)(O[C@H]2O[C@H](CO)[C@@H](O)[C@H](O)[C@H]2O)[C@@H](O)[C@@H]1O.OC[C@H]1O[C@@](CO)(O[C@H]2O[C@H](CO)[C@@H](O)[C@H](O)[C@H]2O)[C@@H](O)[C@@H]1O. The molecule has 0 aromatic rings. The van der Waals surface area contributed by atoms with Gasteiger partial charge < -0.3 is 236 Å². The second-order valence-electron chi connectivity index (χ2n) is 26.1. The molecule has 0 saturated carbocycles. The van der Waals surface area contributed by atoms with Crippen molar-refractivity contribution < 1.29 is 250 Å². The van der Waals surface area contributed by atoms with E-state index in [0.29, 0.717) is 6.42 Å². The molecule has 50 nitrogen and oxygen atoms in total. The van der Waals surface area contributed by atoms with Crippen LogP contribution < -0.4 is 0 Å². The molecule has 0 aromatic carbocycles. The summed E-state index contributed by atoms with van der Waals surface area (Å²) >= 11 is 0. The highest BCUT2D eigenvalue weighted by atomic mass is 16.8. The molecule has 8 aliphatic heterocycles. The molecule has 8 saturated heterocycles. The Morgan fingerprint density at radius 2 is 0.491 bits per heavy atom. The molecule has 8 fully saturated rings. The van der Waals surface area contributed by atoms with E-state index in [9.17, 15) is 132 Å². The molecule has 36 atom stereocenters. The third-order valence-electron chi connectivity index (χ3n) is 17.8. The van der Waals surface area contributed by atoms with Crippen LogP contribution >= 0.6 is 0 Å². The topological polar surface area (TPSA) is 870 Å². The Kier molecular flexibility index (Phi) is 44.0. The van der Waals surface area contributed by atoms with Gasteiger partial charge in [-0.05, 0) is 6.42 Å². The fraction of sp³-hybridized carbons (Fsp3) is 0.950. The minimum Gasteiger partial charge on any atom is -0.481 e. The minimum absolute atomic E-state index is 0.231. The van der Waals surface area contributed by atoms with E-state index < -0.39 is 316 Å². The average Bonchev–Trinajstić information content (AvgIpc) is 1.63. The predicted molar refractivity (Wildman–Crippen MR) is 342 cm³/mol. The van der Waals surface area contributed by atoms with E-state index in [0.717, 1.165) is 26.2 Å². The molecule has 8 heterocycles. The fourth-order valence-corrected chi connectivity index (χ4v) is 11.1. The lowest BCUT2D eigenvalue weighted by Crippen LogP contribution is -2.62. The van der Waals surface area contributed by atoms with Gasteiger partial charge in [-0.15, -0.1) is 0 Å². The molecule has 0 amide bonds. The highest BCUT2D eigenvalue weighted by Gasteiger charge is 2.63. The zero-order chi connectivity index (χ0) is 84.6. The van der Waals surface area contributed by atoms with Crippen LogP contribution in [-0.2, 0) is 71.2 Å². The number of aliphatic hydroxyl groups is 32. The van der Waals surface area contributed by atoms with Crippen LogP contribution in [-0.4, -0.2) is 495 Å². The molecule has 0 radical (unpaired) electrons. The van der Waals surface area contributed by atoms with Gasteiger partial charge in [0.2, 0.25) is 23.1 Å². The van der Waals surface area contributed by atoms with Gasteiger partial charge in [0.1, 0.15) is 197 Å². The number of carboxylic acid groups (broad SMARTS) is 3. The van der Waals surface area contributed by atoms with Crippen molar-refractivity contribution in [3.63, 3.8) is 0 Å². The molecule has 110 heavy (non-hydrogen) atoms. The lowest BCUT2D eigenvalue weighted by Gasteiger charge is -2.43. The molecule has 0 spiro atoms. The van der Waals surface area contributed by atoms with Gasteiger partial charge in [0.05, 0.1) is 58.8 Å².